The summed E-state index contributed by atoms with van der Waals surface area (Å²) >= 11 is 1.77. The van der Waals surface area contributed by atoms with Crippen LogP contribution in [0.25, 0.3) is 10.2 Å². The lowest BCUT2D eigenvalue weighted by atomic mass is 9.98. The molecule has 0 aliphatic carbocycles. The lowest BCUT2D eigenvalue weighted by Gasteiger charge is -2.32. The van der Waals surface area contributed by atoms with Crippen LogP contribution in [-0.2, 0) is 11.3 Å². The maximum Gasteiger partial charge on any atom is 0.224 e. The van der Waals surface area contributed by atoms with Crippen LogP contribution in [0.15, 0.2) is 36.5 Å². The number of nitrogens with zero attached hydrogens (tertiary/aromatic N) is 4. The number of rotatable bonds is 4. The van der Waals surface area contributed by atoms with Crippen LogP contribution in [0, 0.1) is 6.92 Å². The van der Waals surface area contributed by atoms with Gasteiger partial charge in [-0.1, -0.05) is 12.1 Å². The second kappa shape index (κ2) is 6.96. The molecule has 6 heteroatoms. The van der Waals surface area contributed by atoms with Gasteiger partial charge in [-0.15, -0.1) is 11.3 Å². The number of aryl methyl sites for hydroxylation is 2. The molecule has 0 radical (unpaired) electrons. The topological polar surface area (TPSA) is 51.0 Å². The number of benzene rings is 1. The Morgan fingerprint density at radius 3 is 3.00 bits per heavy atom. The minimum Gasteiger partial charge on any atom is -0.342 e. The zero-order chi connectivity index (χ0) is 17.2. The molecule has 0 N–H and O–H groups in total. The van der Waals surface area contributed by atoms with Crippen LogP contribution in [-0.4, -0.2) is 38.7 Å². The maximum atomic E-state index is 12.6. The number of piperidine rings is 1. The highest BCUT2D eigenvalue weighted by atomic mass is 32.1. The third-order valence-electron chi connectivity index (χ3n) is 4.90. The summed E-state index contributed by atoms with van der Waals surface area (Å²) in [5.74, 6) is 0.585. The van der Waals surface area contributed by atoms with Crippen molar-refractivity contribution in [3.05, 3.63) is 47.2 Å². The summed E-state index contributed by atoms with van der Waals surface area (Å²) in [6.45, 7) is 4.32. The molecular weight excluding hydrogens is 332 g/mol. The quantitative estimate of drug-likeness (QED) is 0.719. The predicted molar refractivity (Wildman–Crippen MR) is 99.8 cm³/mol. The zero-order valence-corrected chi connectivity index (χ0v) is 15.2. The summed E-state index contributed by atoms with van der Waals surface area (Å²) in [6.07, 6.45) is 4.45. The van der Waals surface area contributed by atoms with E-state index < -0.39 is 0 Å². The fourth-order valence-corrected chi connectivity index (χ4v) is 4.56. The van der Waals surface area contributed by atoms with E-state index in [1.54, 1.807) is 17.5 Å². The van der Waals surface area contributed by atoms with Gasteiger partial charge in [0.05, 0.1) is 15.2 Å². The van der Waals surface area contributed by atoms with Crippen molar-refractivity contribution in [2.24, 2.45) is 0 Å². The van der Waals surface area contributed by atoms with Crippen molar-refractivity contribution in [2.75, 3.05) is 13.1 Å². The molecule has 1 unspecified atom stereocenters. The number of amides is 1. The van der Waals surface area contributed by atoms with E-state index in [1.165, 1.54) is 9.71 Å². The Kier molecular flexibility index (Phi) is 4.53. The van der Waals surface area contributed by atoms with Gasteiger partial charge in [-0.2, -0.15) is 5.10 Å². The Bertz CT molecular complexity index is 851. The molecule has 1 amide bonds. The Morgan fingerprint density at radius 2 is 2.20 bits per heavy atom. The molecule has 0 bridgehead atoms. The average Bonchev–Trinajstić information content (AvgIpc) is 3.25. The summed E-state index contributed by atoms with van der Waals surface area (Å²) in [7, 11) is 0. The zero-order valence-electron chi connectivity index (χ0n) is 14.4. The molecule has 5 nitrogen and oxygen atoms in total. The number of fused-ring (bicyclic) bond motifs is 1. The van der Waals surface area contributed by atoms with Crippen molar-refractivity contribution < 1.29 is 4.79 Å². The van der Waals surface area contributed by atoms with E-state index in [0.29, 0.717) is 18.9 Å². The van der Waals surface area contributed by atoms with Gasteiger partial charge in [-0.25, -0.2) is 4.98 Å². The molecular formula is C19H22N4OS. The van der Waals surface area contributed by atoms with E-state index in [2.05, 4.69) is 23.3 Å². The summed E-state index contributed by atoms with van der Waals surface area (Å²) in [5, 5.41) is 5.43. The van der Waals surface area contributed by atoms with Crippen LogP contribution in [0.1, 0.15) is 35.9 Å². The van der Waals surface area contributed by atoms with Gasteiger partial charge < -0.3 is 4.90 Å². The van der Waals surface area contributed by atoms with Crippen LogP contribution in [0.5, 0.6) is 0 Å². The molecule has 1 saturated heterocycles. The summed E-state index contributed by atoms with van der Waals surface area (Å²) in [6, 6.07) is 10.2. The predicted octanol–water partition coefficient (Wildman–Crippen LogP) is 3.60. The van der Waals surface area contributed by atoms with E-state index in [-0.39, 0.29) is 5.91 Å². The second-order valence-electron chi connectivity index (χ2n) is 6.64. The summed E-state index contributed by atoms with van der Waals surface area (Å²) < 4.78 is 3.13. The Labute approximate surface area is 151 Å². The molecule has 0 saturated carbocycles. The lowest BCUT2D eigenvalue weighted by molar-refractivity contribution is -0.132. The van der Waals surface area contributed by atoms with Gasteiger partial charge in [0.15, 0.2) is 0 Å². The second-order valence-corrected chi connectivity index (χ2v) is 7.71. The molecule has 1 aliphatic heterocycles. The third kappa shape index (κ3) is 3.44. The highest BCUT2D eigenvalue weighted by molar-refractivity contribution is 7.18. The smallest absolute Gasteiger partial charge is 0.224 e. The average molecular weight is 354 g/mol. The van der Waals surface area contributed by atoms with E-state index in [4.69, 9.17) is 4.98 Å². The first-order valence-corrected chi connectivity index (χ1v) is 9.64. The highest BCUT2D eigenvalue weighted by Crippen LogP contribution is 2.33. The van der Waals surface area contributed by atoms with Crippen molar-refractivity contribution >= 4 is 27.5 Å². The van der Waals surface area contributed by atoms with Gasteiger partial charge in [0.25, 0.3) is 0 Å². The van der Waals surface area contributed by atoms with E-state index in [0.717, 1.165) is 37.1 Å². The number of carbonyl (C=O) groups is 1. The van der Waals surface area contributed by atoms with Gasteiger partial charge in [0.1, 0.15) is 0 Å². The van der Waals surface area contributed by atoms with Gasteiger partial charge in [0.2, 0.25) is 5.91 Å². The Hall–Kier alpha value is -2.21. The first-order chi connectivity index (χ1) is 12.2. The normalized spacial score (nSPS) is 18.0. The molecule has 25 heavy (non-hydrogen) atoms. The highest BCUT2D eigenvalue weighted by Gasteiger charge is 2.26. The molecule has 2 aromatic heterocycles. The molecule has 1 aliphatic rings. The number of likely N-dealkylation sites (tertiary alicyclic amines) is 1. The fourth-order valence-electron chi connectivity index (χ4n) is 3.46. The van der Waals surface area contributed by atoms with Crippen molar-refractivity contribution in [3.8, 4) is 0 Å². The standard InChI is InChI=1S/C19H22N4OS/c1-14-8-10-20-23(14)12-9-18(24)22-11-4-5-15(13-22)19-21-16-6-2-3-7-17(16)25-19/h2-3,6-8,10,15H,4-5,9,11-13H2,1H3. The van der Waals surface area contributed by atoms with Crippen LogP contribution < -0.4 is 0 Å². The van der Waals surface area contributed by atoms with Crippen LogP contribution >= 0.6 is 11.3 Å². The first kappa shape index (κ1) is 16.3. The fraction of sp³-hybridized carbons (Fsp3) is 0.421. The van der Waals surface area contributed by atoms with Crippen molar-refractivity contribution in [2.45, 2.75) is 38.6 Å². The number of para-hydroxylation sites is 1. The van der Waals surface area contributed by atoms with Crippen molar-refractivity contribution in [3.63, 3.8) is 0 Å². The summed E-state index contributed by atoms with van der Waals surface area (Å²) in [5.41, 5.74) is 2.17. The van der Waals surface area contributed by atoms with E-state index in [9.17, 15) is 4.79 Å². The number of carbonyl (C=O) groups excluding carboxylic acids is 1. The SMILES string of the molecule is Cc1ccnn1CCC(=O)N1CCCC(c2nc3ccccc3s2)C1. The van der Waals surface area contributed by atoms with Gasteiger partial charge in [0, 0.05) is 43.9 Å². The lowest BCUT2D eigenvalue weighted by Crippen LogP contribution is -2.39. The molecule has 4 rings (SSSR count). The van der Waals surface area contributed by atoms with Crippen molar-refractivity contribution in [1.29, 1.82) is 0 Å². The number of hydrogen-bond donors (Lipinski definition) is 0. The van der Waals surface area contributed by atoms with Gasteiger partial charge >= 0.3 is 0 Å². The van der Waals surface area contributed by atoms with Crippen molar-refractivity contribution in [1.82, 2.24) is 19.7 Å². The number of thiazole rings is 1. The van der Waals surface area contributed by atoms with Crippen LogP contribution in [0.3, 0.4) is 0 Å². The summed E-state index contributed by atoms with van der Waals surface area (Å²) in [4.78, 5) is 19.4. The number of hydrogen-bond acceptors (Lipinski definition) is 4. The molecule has 3 aromatic rings. The van der Waals surface area contributed by atoms with E-state index >= 15 is 0 Å². The minimum atomic E-state index is 0.223. The van der Waals surface area contributed by atoms with Gasteiger partial charge in [-0.05, 0) is 38.0 Å². The van der Waals surface area contributed by atoms with E-state index in [1.807, 2.05) is 28.6 Å². The van der Waals surface area contributed by atoms with Crippen LogP contribution in [0.4, 0.5) is 0 Å². The Balaban J connectivity index is 1.41. The molecule has 1 aromatic carbocycles. The monoisotopic (exact) mass is 354 g/mol. The Morgan fingerprint density at radius 1 is 1.32 bits per heavy atom. The largest absolute Gasteiger partial charge is 0.342 e. The molecule has 3 heterocycles. The van der Waals surface area contributed by atoms with Gasteiger partial charge in [-0.3, -0.25) is 9.48 Å². The van der Waals surface area contributed by atoms with Crippen LogP contribution in [0.2, 0.25) is 0 Å². The molecule has 130 valence electrons. The molecule has 1 fully saturated rings. The first-order valence-electron chi connectivity index (χ1n) is 8.82. The minimum absolute atomic E-state index is 0.223. The molecule has 0 spiro atoms. The number of aromatic nitrogens is 3. The maximum absolute atomic E-state index is 12.6. The third-order valence-corrected chi connectivity index (χ3v) is 6.10. The molecule has 1 atom stereocenters.